The van der Waals surface area contributed by atoms with Gasteiger partial charge >= 0.3 is 12.1 Å². The summed E-state index contributed by atoms with van der Waals surface area (Å²) in [7, 11) is 1.35. The zero-order chi connectivity index (χ0) is 18.4. The molecule has 6 heteroatoms. The van der Waals surface area contributed by atoms with Gasteiger partial charge in [-0.05, 0) is 51.7 Å². The molecule has 1 saturated heterocycles. The second-order valence-corrected chi connectivity index (χ2v) is 7.21. The number of carbonyl (C=O) groups is 2. The van der Waals surface area contributed by atoms with Crippen LogP contribution in [0.25, 0.3) is 0 Å². The van der Waals surface area contributed by atoms with Crippen LogP contribution in [0, 0.1) is 5.92 Å². The smallest absolute Gasteiger partial charge is 0.410 e. The van der Waals surface area contributed by atoms with Gasteiger partial charge in [-0.15, -0.1) is 0 Å². The number of rotatable bonds is 4. The van der Waals surface area contributed by atoms with Crippen LogP contribution in [0.1, 0.15) is 44.0 Å². The predicted molar refractivity (Wildman–Crippen MR) is 93.8 cm³/mol. The van der Waals surface area contributed by atoms with Crippen molar-refractivity contribution < 1.29 is 23.8 Å². The van der Waals surface area contributed by atoms with Crippen molar-refractivity contribution in [1.82, 2.24) is 4.90 Å². The zero-order valence-corrected chi connectivity index (χ0v) is 15.4. The van der Waals surface area contributed by atoms with E-state index >= 15 is 0 Å². The quantitative estimate of drug-likeness (QED) is 0.779. The minimum atomic E-state index is -0.478. The third-order valence-electron chi connectivity index (χ3n) is 4.03. The third kappa shape index (κ3) is 5.66. The zero-order valence-electron chi connectivity index (χ0n) is 15.4. The maximum Gasteiger partial charge on any atom is 0.410 e. The molecule has 1 amide bonds. The van der Waals surface area contributed by atoms with E-state index in [1.807, 2.05) is 26.8 Å². The first-order chi connectivity index (χ1) is 11.8. The molecule has 0 bridgehead atoms. The summed E-state index contributed by atoms with van der Waals surface area (Å²) in [6, 6.07) is 7.06. The molecule has 1 aliphatic heterocycles. The Morgan fingerprint density at radius 1 is 1.16 bits per heavy atom. The van der Waals surface area contributed by atoms with E-state index in [-0.39, 0.29) is 6.09 Å². The van der Waals surface area contributed by atoms with Crippen LogP contribution in [-0.4, -0.2) is 49.4 Å². The van der Waals surface area contributed by atoms with Crippen molar-refractivity contribution in [3.8, 4) is 5.75 Å². The van der Waals surface area contributed by atoms with Gasteiger partial charge in [0.1, 0.15) is 16.9 Å². The molecular weight excluding hydrogens is 322 g/mol. The van der Waals surface area contributed by atoms with Crippen LogP contribution >= 0.6 is 0 Å². The van der Waals surface area contributed by atoms with Crippen molar-refractivity contribution in [3.63, 3.8) is 0 Å². The minimum absolute atomic E-state index is 0.261. The van der Waals surface area contributed by atoms with Gasteiger partial charge in [-0.1, -0.05) is 12.1 Å². The monoisotopic (exact) mass is 349 g/mol. The highest BCUT2D eigenvalue weighted by atomic mass is 16.6. The van der Waals surface area contributed by atoms with Gasteiger partial charge in [0.05, 0.1) is 13.7 Å². The summed E-state index contributed by atoms with van der Waals surface area (Å²) in [5.74, 6) is 0.462. The molecule has 1 aromatic rings. The SMILES string of the molecule is COC(=O)c1ccccc1OCC1CCN(C(=O)OC(C)(C)C)CC1. The van der Waals surface area contributed by atoms with E-state index in [1.165, 1.54) is 7.11 Å². The van der Waals surface area contributed by atoms with Crippen molar-refractivity contribution in [2.45, 2.75) is 39.2 Å². The normalized spacial score (nSPS) is 15.6. The number of methoxy groups -OCH3 is 1. The summed E-state index contributed by atoms with van der Waals surface area (Å²) in [6.07, 6.45) is 1.43. The van der Waals surface area contributed by atoms with Gasteiger partial charge in [-0.3, -0.25) is 0 Å². The Kier molecular flexibility index (Phi) is 6.28. The first-order valence-corrected chi connectivity index (χ1v) is 8.58. The van der Waals surface area contributed by atoms with Gasteiger partial charge in [-0.25, -0.2) is 9.59 Å². The van der Waals surface area contributed by atoms with E-state index in [9.17, 15) is 9.59 Å². The van der Waals surface area contributed by atoms with Crippen molar-refractivity contribution in [3.05, 3.63) is 29.8 Å². The van der Waals surface area contributed by atoms with E-state index in [1.54, 1.807) is 23.1 Å². The van der Waals surface area contributed by atoms with Crippen LogP contribution < -0.4 is 4.74 Å². The number of piperidine rings is 1. The van der Waals surface area contributed by atoms with Crippen molar-refractivity contribution in [2.75, 3.05) is 26.8 Å². The van der Waals surface area contributed by atoms with Gasteiger partial charge in [-0.2, -0.15) is 0 Å². The lowest BCUT2D eigenvalue weighted by Gasteiger charge is -2.33. The molecule has 0 radical (unpaired) electrons. The number of ether oxygens (including phenoxy) is 3. The average Bonchev–Trinajstić information content (AvgIpc) is 2.58. The minimum Gasteiger partial charge on any atom is -0.492 e. The molecule has 0 unspecified atom stereocenters. The van der Waals surface area contributed by atoms with E-state index < -0.39 is 11.6 Å². The number of carbonyl (C=O) groups excluding carboxylic acids is 2. The standard InChI is InChI=1S/C19H27NO5/c1-19(2,3)25-18(22)20-11-9-14(10-12-20)13-24-16-8-6-5-7-15(16)17(21)23-4/h5-8,14H,9-13H2,1-4H3. The second kappa shape index (κ2) is 8.23. The molecule has 138 valence electrons. The third-order valence-corrected chi connectivity index (χ3v) is 4.03. The fourth-order valence-electron chi connectivity index (χ4n) is 2.69. The average molecular weight is 349 g/mol. The number of nitrogens with zero attached hydrogens (tertiary/aromatic N) is 1. The summed E-state index contributed by atoms with van der Waals surface area (Å²) in [6.45, 7) is 7.41. The predicted octanol–water partition coefficient (Wildman–Crippen LogP) is 3.50. The number of hydrogen-bond donors (Lipinski definition) is 0. The van der Waals surface area contributed by atoms with Gasteiger partial charge in [0.2, 0.25) is 0 Å². The van der Waals surface area contributed by atoms with Crippen LogP contribution in [0.4, 0.5) is 4.79 Å². The molecule has 0 saturated carbocycles. The molecule has 6 nitrogen and oxygen atoms in total. The molecule has 1 fully saturated rings. The molecule has 1 aromatic carbocycles. The topological polar surface area (TPSA) is 65.1 Å². The first-order valence-electron chi connectivity index (χ1n) is 8.58. The van der Waals surface area contributed by atoms with Crippen LogP contribution in [0.3, 0.4) is 0 Å². The maximum absolute atomic E-state index is 12.1. The molecule has 2 rings (SSSR count). The molecule has 0 N–H and O–H groups in total. The van der Waals surface area contributed by atoms with Crippen LogP contribution in [0.2, 0.25) is 0 Å². The highest BCUT2D eigenvalue weighted by Gasteiger charge is 2.27. The summed E-state index contributed by atoms with van der Waals surface area (Å²) in [5, 5.41) is 0. The lowest BCUT2D eigenvalue weighted by atomic mass is 9.98. The molecule has 25 heavy (non-hydrogen) atoms. The summed E-state index contributed by atoms with van der Waals surface area (Å²) in [5.41, 5.74) is -0.0505. The number of hydrogen-bond acceptors (Lipinski definition) is 5. The van der Waals surface area contributed by atoms with Crippen LogP contribution in [0.5, 0.6) is 5.75 Å². The molecule has 0 aromatic heterocycles. The van der Waals surface area contributed by atoms with E-state index in [2.05, 4.69) is 0 Å². The van der Waals surface area contributed by atoms with Crippen molar-refractivity contribution in [2.24, 2.45) is 5.92 Å². The Balaban J connectivity index is 1.83. The van der Waals surface area contributed by atoms with E-state index in [0.29, 0.717) is 36.9 Å². The van der Waals surface area contributed by atoms with Gasteiger partial charge in [0, 0.05) is 13.1 Å². The maximum atomic E-state index is 12.1. The van der Waals surface area contributed by atoms with Gasteiger partial charge in [0.25, 0.3) is 0 Å². The van der Waals surface area contributed by atoms with E-state index in [4.69, 9.17) is 14.2 Å². The Bertz CT molecular complexity index is 600. The summed E-state index contributed by atoms with van der Waals surface area (Å²) >= 11 is 0. The van der Waals surface area contributed by atoms with Gasteiger partial charge in [0.15, 0.2) is 0 Å². The number of likely N-dealkylation sites (tertiary alicyclic amines) is 1. The largest absolute Gasteiger partial charge is 0.492 e. The van der Waals surface area contributed by atoms with Crippen LogP contribution in [0.15, 0.2) is 24.3 Å². The number of benzene rings is 1. The number of amides is 1. The molecular formula is C19H27NO5. The Morgan fingerprint density at radius 3 is 2.40 bits per heavy atom. The molecule has 1 heterocycles. The fourth-order valence-corrected chi connectivity index (χ4v) is 2.69. The Labute approximate surface area is 149 Å². The van der Waals surface area contributed by atoms with Crippen molar-refractivity contribution >= 4 is 12.1 Å². The fraction of sp³-hybridized carbons (Fsp3) is 0.579. The lowest BCUT2D eigenvalue weighted by Crippen LogP contribution is -2.42. The van der Waals surface area contributed by atoms with Crippen molar-refractivity contribution in [1.29, 1.82) is 0 Å². The van der Waals surface area contributed by atoms with E-state index in [0.717, 1.165) is 12.8 Å². The first kappa shape index (κ1) is 19.1. The number of para-hydroxylation sites is 1. The molecule has 0 spiro atoms. The second-order valence-electron chi connectivity index (χ2n) is 7.21. The lowest BCUT2D eigenvalue weighted by molar-refractivity contribution is 0.0164. The Hall–Kier alpha value is -2.24. The molecule has 0 atom stereocenters. The highest BCUT2D eigenvalue weighted by molar-refractivity contribution is 5.92. The molecule has 0 aliphatic carbocycles. The van der Waals surface area contributed by atoms with Crippen LogP contribution in [-0.2, 0) is 9.47 Å². The summed E-state index contributed by atoms with van der Waals surface area (Å²) in [4.78, 5) is 25.6. The Morgan fingerprint density at radius 2 is 1.80 bits per heavy atom. The number of esters is 1. The summed E-state index contributed by atoms with van der Waals surface area (Å²) < 4.78 is 16.0. The highest BCUT2D eigenvalue weighted by Crippen LogP contribution is 2.23. The van der Waals surface area contributed by atoms with Gasteiger partial charge < -0.3 is 19.1 Å². The molecule has 1 aliphatic rings.